The number of hydrogen-bond donors (Lipinski definition) is 2. The molecule has 1 aromatic carbocycles. The molecule has 1 saturated heterocycles. The average Bonchev–Trinajstić information content (AvgIpc) is 2.67. The number of aromatic nitrogens is 2. The first-order valence-corrected chi connectivity index (χ1v) is 8.70. The van der Waals surface area contributed by atoms with Crippen LogP contribution < -0.4 is 20.9 Å². The average molecular weight is 355 g/mol. The lowest BCUT2D eigenvalue weighted by Gasteiger charge is -2.28. The summed E-state index contributed by atoms with van der Waals surface area (Å²) < 4.78 is 11.2. The van der Waals surface area contributed by atoms with Gasteiger partial charge in [0, 0.05) is 30.3 Å². The maximum absolute atomic E-state index is 5.79. The normalized spacial score (nSPS) is 14.4. The predicted molar refractivity (Wildman–Crippen MR) is 103 cm³/mol. The molecule has 26 heavy (non-hydrogen) atoms. The van der Waals surface area contributed by atoms with E-state index in [1.54, 1.807) is 6.33 Å². The van der Waals surface area contributed by atoms with Crippen molar-refractivity contribution in [2.24, 2.45) is 5.84 Å². The van der Waals surface area contributed by atoms with Gasteiger partial charge in [-0.2, -0.15) is 0 Å². The zero-order valence-corrected chi connectivity index (χ0v) is 15.2. The molecule has 0 bridgehead atoms. The summed E-state index contributed by atoms with van der Waals surface area (Å²) in [7, 11) is 0. The molecule has 0 saturated carbocycles. The first-order chi connectivity index (χ1) is 12.6. The second-order valence-corrected chi connectivity index (χ2v) is 6.36. The van der Waals surface area contributed by atoms with Crippen LogP contribution in [0.4, 0.5) is 11.5 Å². The monoisotopic (exact) mass is 355 g/mol. The molecule has 0 amide bonds. The molecule has 0 atom stereocenters. The van der Waals surface area contributed by atoms with Crippen molar-refractivity contribution in [1.82, 2.24) is 9.97 Å². The van der Waals surface area contributed by atoms with Crippen LogP contribution in [0, 0.1) is 0 Å². The van der Waals surface area contributed by atoms with Crippen LogP contribution in [-0.4, -0.2) is 42.4 Å². The quantitative estimate of drug-likeness (QED) is 0.608. The van der Waals surface area contributed by atoms with E-state index in [1.807, 2.05) is 38.1 Å². The summed E-state index contributed by atoms with van der Waals surface area (Å²) in [6.45, 7) is 11.2. The van der Waals surface area contributed by atoms with E-state index in [4.69, 9.17) is 15.3 Å². The van der Waals surface area contributed by atoms with Crippen LogP contribution in [0.5, 0.6) is 5.75 Å². The number of morpholine rings is 1. The Morgan fingerprint density at radius 2 is 2.04 bits per heavy atom. The number of nitrogen functional groups attached to an aromatic ring is 1. The Morgan fingerprint density at radius 1 is 1.27 bits per heavy atom. The van der Waals surface area contributed by atoms with E-state index in [1.165, 1.54) is 0 Å². The van der Waals surface area contributed by atoms with E-state index in [0.717, 1.165) is 47.2 Å². The molecule has 1 fully saturated rings. The van der Waals surface area contributed by atoms with Gasteiger partial charge in [0.05, 0.1) is 30.7 Å². The number of benzene rings is 1. The van der Waals surface area contributed by atoms with Gasteiger partial charge in [0.1, 0.15) is 17.9 Å². The van der Waals surface area contributed by atoms with Crippen LogP contribution in [-0.2, 0) is 4.74 Å². The smallest absolute Gasteiger partial charge is 0.132 e. The molecule has 3 N–H and O–H groups in total. The van der Waals surface area contributed by atoms with Gasteiger partial charge in [0.2, 0.25) is 0 Å². The third-order valence-electron chi connectivity index (χ3n) is 4.14. The summed E-state index contributed by atoms with van der Waals surface area (Å²) >= 11 is 0. The second kappa shape index (κ2) is 8.16. The number of anilines is 2. The lowest BCUT2D eigenvalue weighted by atomic mass is 10.0. The number of hydrazine groups is 1. The Bertz CT molecular complexity index is 772. The fourth-order valence-corrected chi connectivity index (χ4v) is 2.86. The number of rotatable bonds is 6. The largest absolute Gasteiger partial charge is 0.491 e. The minimum absolute atomic E-state index is 0.0831. The van der Waals surface area contributed by atoms with Crippen molar-refractivity contribution in [2.75, 3.05) is 36.6 Å². The molecule has 138 valence electrons. The molecule has 0 aliphatic carbocycles. The van der Waals surface area contributed by atoms with Gasteiger partial charge in [-0.3, -0.25) is 5.84 Å². The van der Waals surface area contributed by atoms with Gasteiger partial charge in [0.25, 0.3) is 0 Å². The molecule has 2 heterocycles. The SMILES string of the molecule is C=C(c1cc(N2CCOCC2)ncn1)c1cc(OC(C)C)ccc1NN. The molecule has 0 spiro atoms. The van der Waals surface area contributed by atoms with Crippen molar-refractivity contribution in [3.63, 3.8) is 0 Å². The van der Waals surface area contributed by atoms with E-state index < -0.39 is 0 Å². The van der Waals surface area contributed by atoms with E-state index >= 15 is 0 Å². The van der Waals surface area contributed by atoms with Crippen molar-refractivity contribution in [3.8, 4) is 5.75 Å². The van der Waals surface area contributed by atoms with Gasteiger partial charge in [-0.05, 0) is 32.0 Å². The van der Waals surface area contributed by atoms with Crippen molar-refractivity contribution in [1.29, 1.82) is 0 Å². The Labute approximate surface area is 153 Å². The number of hydrogen-bond acceptors (Lipinski definition) is 7. The predicted octanol–water partition coefficient (Wildman–Crippen LogP) is 2.45. The van der Waals surface area contributed by atoms with Gasteiger partial charge in [-0.25, -0.2) is 9.97 Å². The number of nitrogens with two attached hydrogens (primary N) is 1. The highest BCUT2D eigenvalue weighted by molar-refractivity contribution is 5.84. The Balaban J connectivity index is 1.91. The van der Waals surface area contributed by atoms with Crippen molar-refractivity contribution < 1.29 is 9.47 Å². The Hall–Kier alpha value is -2.64. The van der Waals surface area contributed by atoms with E-state index in [9.17, 15) is 0 Å². The summed E-state index contributed by atoms with van der Waals surface area (Å²) in [5, 5.41) is 0. The van der Waals surface area contributed by atoms with Crippen molar-refractivity contribution in [3.05, 3.63) is 48.4 Å². The van der Waals surface area contributed by atoms with Crippen LogP contribution >= 0.6 is 0 Å². The molecular weight excluding hydrogens is 330 g/mol. The molecule has 0 radical (unpaired) electrons. The van der Waals surface area contributed by atoms with E-state index in [2.05, 4.69) is 26.9 Å². The summed E-state index contributed by atoms with van der Waals surface area (Å²) in [4.78, 5) is 11.0. The lowest BCUT2D eigenvalue weighted by molar-refractivity contribution is 0.122. The molecule has 0 unspecified atom stereocenters. The minimum atomic E-state index is 0.0831. The fraction of sp³-hybridized carbons (Fsp3) is 0.368. The number of ether oxygens (including phenoxy) is 2. The Kier molecular flexibility index (Phi) is 5.70. The van der Waals surface area contributed by atoms with Gasteiger partial charge < -0.3 is 19.8 Å². The third kappa shape index (κ3) is 4.12. The number of nitrogens with zero attached hydrogens (tertiary/aromatic N) is 3. The zero-order valence-electron chi connectivity index (χ0n) is 15.2. The first kappa shape index (κ1) is 18.2. The molecule has 1 aliphatic rings. The molecule has 7 nitrogen and oxygen atoms in total. The summed E-state index contributed by atoms with van der Waals surface area (Å²) in [5.74, 6) is 7.31. The highest BCUT2D eigenvalue weighted by Crippen LogP contribution is 2.31. The highest BCUT2D eigenvalue weighted by atomic mass is 16.5. The molecule has 1 aliphatic heterocycles. The summed E-state index contributed by atoms with van der Waals surface area (Å²) in [6, 6.07) is 7.63. The van der Waals surface area contributed by atoms with Gasteiger partial charge in [-0.15, -0.1) is 0 Å². The molecule has 3 rings (SSSR count). The van der Waals surface area contributed by atoms with Crippen LogP contribution in [0.1, 0.15) is 25.1 Å². The molecular formula is C19H25N5O2. The first-order valence-electron chi connectivity index (χ1n) is 8.70. The zero-order chi connectivity index (χ0) is 18.5. The van der Waals surface area contributed by atoms with Crippen LogP contribution in [0.15, 0.2) is 37.2 Å². The summed E-state index contributed by atoms with van der Waals surface area (Å²) in [5.41, 5.74) is 5.83. The maximum Gasteiger partial charge on any atom is 0.132 e. The fourth-order valence-electron chi connectivity index (χ4n) is 2.86. The Morgan fingerprint density at radius 3 is 2.73 bits per heavy atom. The maximum atomic E-state index is 5.79. The lowest BCUT2D eigenvalue weighted by Crippen LogP contribution is -2.36. The van der Waals surface area contributed by atoms with Crippen molar-refractivity contribution >= 4 is 17.1 Å². The van der Waals surface area contributed by atoms with E-state index in [-0.39, 0.29) is 6.10 Å². The molecule has 2 aromatic rings. The third-order valence-corrected chi connectivity index (χ3v) is 4.14. The van der Waals surface area contributed by atoms with E-state index in [0.29, 0.717) is 13.2 Å². The van der Waals surface area contributed by atoms with Gasteiger partial charge in [-0.1, -0.05) is 6.58 Å². The van der Waals surface area contributed by atoms with Gasteiger partial charge in [0.15, 0.2) is 0 Å². The van der Waals surface area contributed by atoms with Crippen LogP contribution in [0.3, 0.4) is 0 Å². The van der Waals surface area contributed by atoms with Gasteiger partial charge >= 0.3 is 0 Å². The summed E-state index contributed by atoms with van der Waals surface area (Å²) in [6.07, 6.45) is 1.65. The highest BCUT2D eigenvalue weighted by Gasteiger charge is 2.16. The standard InChI is InChI=1S/C19H25N5O2/c1-13(2)26-15-4-5-17(23-20)16(10-15)14(3)18-11-19(22-12-21-18)24-6-8-25-9-7-24/h4-5,10-13,23H,3,6-9,20H2,1-2H3. The number of nitrogens with one attached hydrogen (secondary N) is 1. The second-order valence-electron chi connectivity index (χ2n) is 6.36. The van der Waals surface area contributed by atoms with Crippen molar-refractivity contribution in [2.45, 2.75) is 20.0 Å². The topological polar surface area (TPSA) is 85.5 Å². The molecule has 1 aromatic heterocycles. The molecule has 7 heteroatoms. The van der Waals surface area contributed by atoms with Crippen LogP contribution in [0.25, 0.3) is 5.57 Å². The minimum Gasteiger partial charge on any atom is -0.491 e. The van der Waals surface area contributed by atoms with Crippen LogP contribution in [0.2, 0.25) is 0 Å².